The number of carbonyl (C=O) groups excluding carboxylic acids is 1. The maximum absolute atomic E-state index is 11.9. The number of nitriles is 1. The van der Waals surface area contributed by atoms with Gasteiger partial charge in [0.1, 0.15) is 6.04 Å². The zero-order chi connectivity index (χ0) is 10.7. The Labute approximate surface area is 85.1 Å². The zero-order valence-electron chi connectivity index (χ0n) is 9.03. The van der Waals surface area contributed by atoms with Gasteiger partial charge in [0.05, 0.1) is 12.5 Å². The van der Waals surface area contributed by atoms with Gasteiger partial charge in [0, 0.05) is 19.6 Å². The predicted molar refractivity (Wildman–Crippen MR) is 53.5 cm³/mol. The fourth-order valence-electron chi connectivity index (χ4n) is 1.71. The molecule has 0 N–H and O–H groups in total. The van der Waals surface area contributed by atoms with E-state index in [-0.39, 0.29) is 24.4 Å². The smallest absolute Gasteiger partial charge is 0.240 e. The molecule has 0 aromatic carbocycles. The summed E-state index contributed by atoms with van der Waals surface area (Å²) >= 11 is 0. The van der Waals surface area contributed by atoms with Gasteiger partial charge >= 0.3 is 0 Å². The molecule has 4 heteroatoms. The third-order valence-electron chi connectivity index (χ3n) is 3.01. The van der Waals surface area contributed by atoms with Crippen LogP contribution in [-0.4, -0.2) is 48.4 Å². The van der Waals surface area contributed by atoms with Crippen LogP contribution in [-0.2, 0) is 4.79 Å². The molecule has 1 aliphatic heterocycles. The molecule has 78 valence electrons. The molecule has 2 atom stereocenters. The van der Waals surface area contributed by atoms with Crippen LogP contribution in [0.4, 0.5) is 0 Å². The van der Waals surface area contributed by atoms with E-state index in [1.807, 2.05) is 25.9 Å². The van der Waals surface area contributed by atoms with Crippen LogP contribution in [0.15, 0.2) is 0 Å². The number of hydrogen-bond acceptors (Lipinski definition) is 3. The SMILES string of the molecule is CC1CCN(C)C(CC#N)C(=O)N1C. The second-order valence-electron chi connectivity index (χ2n) is 3.95. The number of amides is 1. The van der Waals surface area contributed by atoms with Crippen molar-refractivity contribution in [2.45, 2.75) is 31.8 Å². The Morgan fingerprint density at radius 1 is 1.57 bits per heavy atom. The lowest BCUT2D eigenvalue weighted by Gasteiger charge is -2.25. The van der Waals surface area contributed by atoms with Crippen LogP contribution in [0.25, 0.3) is 0 Å². The van der Waals surface area contributed by atoms with Crippen LogP contribution in [0.1, 0.15) is 19.8 Å². The Balaban J connectivity index is 2.81. The van der Waals surface area contributed by atoms with E-state index >= 15 is 0 Å². The lowest BCUT2D eigenvalue weighted by molar-refractivity contribution is -0.135. The first-order valence-corrected chi connectivity index (χ1v) is 4.91. The van der Waals surface area contributed by atoms with Gasteiger partial charge in [0.2, 0.25) is 5.91 Å². The number of carbonyl (C=O) groups is 1. The molecule has 0 bridgehead atoms. The van der Waals surface area contributed by atoms with Gasteiger partial charge in [-0.05, 0) is 20.4 Å². The van der Waals surface area contributed by atoms with E-state index in [1.165, 1.54) is 0 Å². The molecule has 1 amide bonds. The average Bonchev–Trinajstić information content (AvgIpc) is 2.25. The molecule has 0 aromatic heterocycles. The maximum atomic E-state index is 11.9. The Hall–Kier alpha value is -1.08. The molecule has 1 aliphatic rings. The van der Waals surface area contributed by atoms with Gasteiger partial charge in [-0.3, -0.25) is 9.69 Å². The van der Waals surface area contributed by atoms with Crippen molar-refractivity contribution in [2.24, 2.45) is 0 Å². The summed E-state index contributed by atoms with van der Waals surface area (Å²) in [5.74, 6) is 0.0686. The zero-order valence-corrected chi connectivity index (χ0v) is 9.03. The van der Waals surface area contributed by atoms with Crippen molar-refractivity contribution in [3.63, 3.8) is 0 Å². The highest BCUT2D eigenvalue weighted by Gasteiger charge is 2.31. The molecular weight excluding hydrogens is 178 g/mol. The highest BCUT2D eigenvalue weighted by molar-refractivity contribution is 5.82. The highest BCUT2D eigenvalue weighted by atomic mass is 16.2. The van der Waals surface area contributed by atoms with Gasteiger partial charge in [-0.25, -0.2) is 0 Å². The summed E-state index contributed by atoms with van der Waals surface area (Å²) in [4.78, 5) is 15.6. The summed E-state index contributed by atoms with van der Waals surface area (Å²) in [7, 11) is 3.72. The average molecular weight is 195 g/mol. The van der Waals surface area contributed by atoms with E-state index < -0.39 is 0 Å². The summed E-state index contributed by atoms with van der Waals surface area (Å²) in [5, 5.41) is 8.65. The van der Waals surface area contributed by atoms with Gasteiger partial charge in [-0.1, -0.05) is 0 Å². The van der Waals surface area contributed by atoms with E-state index in [4.69, 9.17) is 5.26 Å². The number of nitrogens with zero attached hydrogens (tertiary/aromatic N) is 3. The third-order valence-corrected chi connectivity index (χ3v) is 3.01. The number of rotatable bonds is 1. The van der Waals surface area contributed by atoms with Gasteiger partial charge in [-0.15, -0.1) is 0 Å². The highest BCUT2D eigenvalue weighted by Crippen LogP contribution is 2.15. The first kappa shape index (κ1) is 11.0. The second kappa shape index (κ2) is 4.43. The summed E-state index contributed by atoms with van der Waals surface area (Å²) in [5.41, 5.74) is 0. The van der Waals surface area contributed by atoms with Gasteiger partial charge in [0.25, 0.3) is 0 Å². The maximum Gasteiger partial charge on any atom is 0.240 e. The van der Waals surface area contributed by atoms with E-state index in [0.717, 1.165) is 13.0 Å². The lowest BCUT2D eigenvalue weighted by atomic mass is 10.2. The molecule has 0 radical (unpaired) electrons. The predicted octanol–water partition coefficient (Wildman–Crippen LogP) is 0.451. The Morgan fingerprint density at radius 2 is 2.21 bits per heavy atom. The van der Waals surface area contributed by atoms with Gasteiger partial charge < -0.3 is 4.90 Å². The first-order valence-electron chi connectivity index (χ1n) is 4.91. The molecule has 0 aromatic rings. The minimum Gasteiger partial charge on any atom is -0.342 e. The Kier molecular flexibility index (Phi) is 3.48. The molecule has 14 heavy (non-hydrogen) atoms. The fourth-order valence-corrected chi connectivity index (χ4v) is 1.71. The van der Waals surface area contributed by atoms with Crippen molar-refractivity contribution in [3.05, 3.63) is 0 Å². The van der Waals surface area contributed by atoms with Crippen molar-refractivity contribution in [1.82, 2.24) is 9.80 Å². The molecule has 1 saturated heterocycles. The van der Waals surface area contributed by atoms with Crippen LogP contribution in [0, 0.1) is 11.3 Å². The molecule has 4 nitrogen and oxygen atoms in total. The first-order chi connectivity index (χ1) is 6.57. The van der Waals surface area contributed by atoms with Crippen LogP contribution >= 0.6 is 0 Å². The fraction of sp³-hybridized carbons (Fsp3) is 0.800. The number of hydrogen-bond donors (Lipinski definition) is 0. The van der Waals surface area contributed by atoms with Crippen molar-refractivity contribution in [1.29, 1.82) is 5.26 Å². The third kappa shape index (κ3) is 2.05. The van der Waals surface area contributed by atoms with E-state index in [0.29, 0.717) is 0 Å². The molecule has 0 spiro atoms. The summed E-state index contributed by atoms with van der Waals surface area (Å²) in [6.07, 6.45) is 1.26. The van der Waals surface area contributed by atoms with Crippen molar-refractivity contribution in [2.75, 3.05) is 20.6 Å². The summed E-state index contributed by atoms with van der Waals surface area (Å²) in [6.45, 7) is 2.92. The molecular formula is C10H17N3O. The van der Waals surface area contributed by atoms with E-state index in [1.54, 1.807) is 4.90 Å². The molecule has 2 unspecified atom stereocenters. The van der Waals surface area contributed by atoms with Gasteiger partial charge in [-0.2, -0.15) is 5.26 Å². The van der Waals surface area contributed by atoms with Crippen molar-refractivity contribution >= 4 is 5.91 Å². The van der Waals surface area contributed by atoms with Gasteiger partial charge in [0.15, 0.2) is 0 Å². The normalized spacial score (nSPS) is 29.9. The molecule has 1 rings (SSSR count). The monoisotopic (exact) mass is 195 g/mol. The largest absolute Gasteiger partial charge is 0.342 e. The van der Waals surface area contributed by atoms with Crippen LogP contribution in [0.5, 0.6) is 0 Å². The Morgan fingerprint density at radius 3 is 2.79 bits per heavy atom. The quantitative estimate of drug-likeness (QED) is 0.610. The minimum absolute atomic E-state index is 0.0686. The molecule has 0 aliphatic carbocycles. The number of likely N-dealkylation sites (N-methyl/N-ethyl adjacent to an activating group) is 2. The second-order valence-corrected chi connectivity index (χ2v) is 3.95. The van der Waals surface area contributed by atoms with Crippen molar-refractivity contribution in [3.8, 4) is 6.07 Å². The molecule has 0 saturated carbocycles. The van der Waals surface area contributed by atoms with Crippen molar-refractivity contribution < 1.29 is 4.79 Å². The van der Waals surface area contributed by atoms with Crippen LogP contribution in [0.3, 0.4) is 0 Å². The molecule has 1 fully saturated rings. The summed E-state index contributed by atoms with van der Waals surface area (Å²) < 4.78 is 0. The van der Waals surface area contributed by atoms with Crippen LogP contribution < -0.4 is 0 Å². The van der Waals surface area contributed by atoms with E-state index in [2.05, 4.69) is 6.07 Å². The lowest BCUT2D eigenvalue weighted by Crippen LogP contribution is -2.44. The summed E-state index contributed by atoms with van der Waals surface area (Å²) in [6, 6.07) is 2.09. The topological polar surface area (TPSA) is 47.3 Å². The van der Waals surface area contributed by atoms with E-state index in [9.17, 15) is 4.79 Å². The van der Waals surface area contributed by atoms with Crippen LogP contribution in [0.2, 0.25) is 0 Å². The standard InChI is InChI=1S/C10H17N3O/c1-8-5-7-12(2)9(4-6-11)10(14)13(8)3/h8-9H,4-5,7H2,1-3H3. The minimum atomic E-state index is -0.255. The Bertz CT molecular complexity index is 259. The molecule has 1 heterocycles.